The molecule has 0 aromatic heterocycles. The molecule has 0 unspecified atom stereocenters. The second kappa shape index (κ2) is 7.23. The quantitative estimate of drug-likeness (QED) is 0.860. The lowest BCUT2D eigenvalue weighted by Crippen LogP contribution is -2.41. The van der Waals surface area contributed by atoms with E-state index in [9.17, 15) is 9.90 Å². The Bertz CT molecular complexity index is 593. The summed E-state index contributed by atoms with van der Waals surface area (Å²) in [5, 5.41) is 12.5. The molecule has 1 amide bonds. The first-order chi connectivity index (χ1) is 10.5. The molecular weight excluding hydrogens is 274 g/mol. The third-order valence-corrected chi connectivity index (χ3v) is 3.79. The van der Waals surface area contributed by atoms with E-state index in [1.807, 2.05) is 74.5 Å². The Balaban J connectivity index is 2.06. The minimum absolute atomic E-state index is 0.0562. The SMILES string of the molecule is CC(C)(Cc1ccccc1)C(=O)N[C@H](CO)c1ccccc1. The van der Waals surface area contributed by atoms with Crippen molar-refractivity contribution in [3.63, 3.8) is 0 Å². The van der Waals surface area contributed by atoms with Crippen LogP contribution in [-0.4, -0.2) is 17.6 Å². The maximum Gasteiger partial charge on any atom is 0.226 e. The van der Waals surface area contributed by atoms with Crippen molar-refractivity contribution in [3.05, 3.63) is 71.8 Å². The van der Waals surface area contributed by atoms with Crippen LogP contribution in [0.5, 0.6) is 0 Å². The number of carbonyl (C=O) groups is 1. The number of nitrogens with one attached hydrogen (secondary N) is 1. The highest BCUT2D eigenvalue weighted by Crippen LogP contribution is 2.24. The molecule has 2 N–H and O–H groups in total. The first kappa shape index (κ1) is 16.2. The van der Waals surface area contributed by atoms with Gasteiger partial charge >= 0.3 is 0 Å². The van der Waals surface area contributed by atoms with Crippen LogP contribution >= 0.6 is 0 Å². The number of aliphatic hydroxyl groups excluding tert-OH is 1. The molecule has 1 atom stereocenters. The molecular formula is C19H23NO2. The van der Waals surface area contributed by atoms with Crippen LogP contribution in [0.1, 0.15) is 31.0 Å². The summed E-state index contributed by atoms with van der Waals surface area (Å²) in [5.74, 6) is -0.0562. The Labute approximate surface area is 132 Å². The van der Waals surface area contributed by atoms with E-state index in [0.29, 0.717) is 6.42 Å². The highest BCUT2D eigenvalue weighted by Gasteiger charge is 2.29. The average Bonchev–Trinajstić information content (AvgIpc) is 2.53. The van der Waals surface area contributed by atoms with E-state index >= 15 is 0 Å². The molecule has 22 heavy (non-hydrogen) atoms. The first-order valence-electron chi connectivity index (χ1n) is 7.53. The molecule has 2 rings (SSSR count). The van der Waals surface area contributed by atoms with E-state index in [1.165, 1.54) is 0 Å². The molecule has 2 aromatic carbocycles. The van der Waals surface area contributed by atoms with Gasteiger partial charge in [-0.2, -0.15) is 0 Å². The van der Waals surface area contributed by atoms with Gasteiger partial charge in [0.05, 0.1) is 12.6 Å². The summed E-state index contributed by atoms with van der Waals surface area (Å²) in [6.45, 7) is 3.74. The van der Waals surface area contributed by atoms with Crippen LogP contribution in [0.3, 0.4) is 0 Å². The Morgan fingerprint density at radius 3 is 2.14 bits per heavy atom. The van der Waals surface area contributed by atoms with Gasteiger partial charge in [0.25, 0.3) is 0 Å². The molecule has 116 valence electrons. The van der Waals surface area contributed by atoms with Crippen LogP contribution in [0, 0.1) is 5.41 Å². The Hall–Kier alpha value is -2.13. The van der Waals surface area contributed by atoms with E-state index in [-0.39, 0.29) is 18.6 Å². The average molecular weight is 297 g/mol. The van der Waals surface area contributed by atoms with E-state index in [1.54, 1.807) is 0 Å². The molecule has 2 aromatic rings. The molecule has 3 nitrogen and oxygen atoms in total. The largest absolute Gasteiger partial charge is 0.394 e. The Morgan fingerprint density at radius 2 is 1.59 bits per heavy atom. The highest BCUT2D eigenvalue weighted by molar-refractivity contribution is 5.82. The van der Waals surface area contributed by atoms with Gasteiger partial charge < -0.3 is 10.4 Å². The van der Waals surface area contributed by atoms with Gasteiger partial charge in [-0.05, 0) is 17.5 Å². The van der Waals surface area contributed by atoms with Gasteiger partial charge in [-0.1, -0.05) is 74.5 Å². The van der Waals surface area contributed by atoms with Crippen molar-refractivity contribution in [3.8, 4) is 0 Å². The summed E-state index contributed by atoms with van der Waals surface area (Å²) in [5.41, 5.74) is 1.50. The molecule has 0 aliphatic rings. The van der Waals surface area contributed by atoms with Crippen molar-refractivity contribution in [2.45, 2.75) is 26.3 Å². The van der Waals surface area contributed by atoms with Gasteiger partial charge in [0.15, 0.2) is 0 Å². The lowest BCUT2D eigenvalue weighted by Gasteiger charge is -2.27. The zero-order valence-corrected chi connectivity index (χ0v) is 13.1. The lowest BCUT2D eigenvalue weighted by molar-refractivity contribution is -0.130. The van der Waals surface area contributed by atoms with Crippen LogP contribution in [0.15, 0.2) is 60.7 Å². The minimum Gasteiger partial charge on any atom is -0.394 e. The number of aliphatic hydroxyl groups is 1. The second-order valence-corrected chi connectivity index (χ2v) is 6.17. The lowest BCUT2D eigenvalue weighted by atomic mass is 9.84. The monoisotopic (exact) mass is 297 g/mol. The van der Waals surface area contributed by atoms with Crippen LogP contribution < -0.4 is 5.32 Å². The molecule has 0 spiro atoms. The fourth-order valence-corrected chi connectivity index (χ4v) is 2.46. The maximum absolute atomic E-state index is 12.6. The smallest absolute Gasteiger partial charge is 0.226 e. The molecule has 0 fully saturated rings. The standard InChI is InChI=1S/C19H23NO2/c1-19(2,13-15-9-5-3-6-10-15)18(22)20-17(14-21)16-11-7-4-8-12-16/h3-12,17,21H,13-14H2,1-2H3,(H,20,22)/t17-/m1/s1. The first-order valence-corrected chi connectivity index (χ1v) is 7.53. The van der Waals surface area contributed by atoms with Crippen LogP contribution in [0.2, 0.25) is 0 Å². The number of hydrogen-bond donors (Lipinski definition) is 2. The molecule has 0 bridgehead atoms. The van der Waals surface area contributed by atoms with Crippen molar-refractivity contribution >= 4 is 5.91 Å². The fourth-order valence-electron chi connectivity index (χ4n) is 2.46. The molecule has 0 heterocycles. The summed E-state index contributed by atoms with van der Waals surface area (Å²) in [6.07, 6.45) is 0.659. The van der Waals surface area contributed by atoms with Gasteiger partial charge in [-0.15, -0.1) is 0 Å². The minimum atomic E-state index is -0.538. The fraction of sp³-hybridized carbons (Fsp3) is 0.316. The number of rotatable bonds is 6. The molecule has 0 aliphatic heterocycles. The van der Waals surface area contributed by atoms with Gasteiger partial charge in [0, 0.05) is 5.41 Å². The van der Waals surface area contributed by atoms with Crippen LogP contribution in [0.25, 0.3) is 0 Å². The summed E-state index contributed by atoms with van der Waals surface area (Å²) >= 11 is 0. The number of hydrogen-bond acceptors (Lipinski definition) is 2. The van der Waals surface area contributed by atoms with Crippen LogP contribution in [0.4, 0.5) is 0 Å². The van der Waals surface area contributed by atoms with Crippen molar-refractivity contribution in [2.24, 2.45) is 5.41 Å². The zero-order valence-electron chi connectivity index (χ0n) is 13.1. The van der Waals surface area contributed by atoms with E-state index in [0.717, 1.165) is 11.1 Å². The van der Waals surface area contributed by atoms with E-state index in [2.05, 4.69) is 5.32 Å². The molecule has 3 heteroatoms. The second-order valence-electron chi connectivity index (χ2n) is 6.17. The molecule has 0 radical (unpaired) electrons. The summed E-state index contributed by atoms with van der Waals surface area (Å²) in [7, 11) is 0. The van der Waals surface area contributed by atoms with Crippen LogP contribution in [-0.2, 0) is 11.2 Å². The van der Waals surface area contributed by atoms with Gasteiger partial charge in [-0.3, -0.25) is 4.79 Å². The summed E-state index contributed by atoms with van der Waals surface area (Å²) in [6, 6.07) is 19.1. The Kier molecular flexibility index (Phi) is 5.34. The molecule has 0 saturated heterocycles. The normalized spacial score (nSPS) is 12.7. The molecule has 0 aliphatic carbocycles. The van der Waals surface area contributed by atoms with Gasteiger partial charge in [0.1, 0.15) is 0 Å². The third-order valence-electron chi connectivity index (χ3n) is 3.79. The van der Waals surface area contributed by atoms with Crippen molar-refractivity contribution in [2.75, 3.05) is 6.61 Å². The van der Waals surface area contributed by atoms with Crippen molar-refractivity contribution in [1.82, 2.24) is 5.32 Å². The van der Waals surface area contributed by atoms with E-state index < -0.39 is 5.41 Å². The van der Waals surface area contributed by atoms with Gasteiger partial charge in [-0.25, -0.2) is 0 Å². The Morgan fingerprint density at radius 1 is 1.05 bits per heavy atom. The van der Waals surface area contributed by atoms with Gasteiger partial charge in [0.2, 0.25) is 5.91 Å². The third kappa shape index (κ3) is 4.18. The predicted octanol–water partition coefficient (Wildman–Crippen LogP) is 3.11. The summed E-state index contributed by atoms with van der Waals surface area (Å²) < 4.78 is 0. The number of benzene rings is 2. The number of amides is 1. The number of carbonyl (C=O) groups excluding carboxylic acids is 1. The maximum atomic E-state index is 12.6. The topological polar surface area (TPSA) is 49.3 Å². The predicted molar refractivity (Wildman–Crippen MR) is 88.3 cm³/mol. The molecule has 0 saturated carbocycles. The summed E-state index contributed by atoms with van der Waals surface area (Å²) in [4.78, 5) is 12.6. The van der Waals surface area contributed by atoms with E-state index in [4.69, 9.17) is 0 Å². The zero-order chi connectivity index (χ0) is 16.0. The van der Waals surface area contributed by atoms with Crippen molar-refractivity contribution in [1.29, 1.82) is 0 Å². The van der Waals surface area contributed by atoms with Crippen molar-refractivity contribution < 1.29 is 9.90 Å². The highest BCUT2D eigenvalue weighted by atomic mass is 16.3.